The van der Waals surface area contributed by atoms with Crippen LogP contribution in [-0.4, -0.2) is 5.78 Å². The molecule has 0 radical (unpaired) electrons. The van der Waals surface area contributed by atoms with E-state index < -0.39 is 0 Å². The molecule has 2 rings (SSSR count). The molecule has 1 heterocycles. The number of hydrogen-bond acceptors (Lipinski definition) is 2. The minimum absolute atomic E-state index is 0.101. The Balaban J connectivity index is 2.16. The maximum atomic E-state index is 12.1. The van der Waals surface area contributed by atoms with Gasteiger partial charge in [-0.25, -0.2) is 0 Å². The number of hydrogen-bond donors (Lipinski definition) is 0. The van der Waals surface area contributed by atoms with Crippen molar-refractivity contribution in [3.05, 3.63) is 55.7 Å². The van der Waals surface area contributed by atoms with Gasteiger partial charge in [0.15, 0.2) is 5.78 Å². The number of aryl methyl sites for hydroxylation is 1. The third-order valence-corrected chi connectivity index (χ3v) is 4.51. The molecule has 94 valence electrons. The van der Waals surface area contributed by atoms with Gasteiger partial charge in [0.2, 0.25) is 0 Å². The lowest BCUT2D eigenvalue weighted by atomic mass is 10.1. The second-order valence-electron chi connectivity index (χ2n) is 3.96. The van der Waals surface area contributed by atoms with Crippen molar-refractivity contribution >= 4 is 40.3 Å². The predicted octanol–water partition coefficient (Wildman–Crippen LogP) is 5.04. The van der Waals surface area contributed by atoms with Crippen molar-refractivity contribution < 1.29 is 4.79 Å². The maximum absolute atomic E-state index is 12.1. The van der Waals surface area contributed by atoms with Crippen LogP contribution in [0.25, 0.3) is 0 Å². The van der Waals surface area contributed by atoms with Crippen LogP contribution in [0.5, 0.6) is 0 Å². The Bertz CT molecular complexity index is 575. The monoisotopic (exact) mass is 298 g/mol. The lowest BCUT2D eigenvalue weighted by Gasteiger charge is -2.03. The Hall–Kier alpha value is -0.830. The topological polar surface area (TPSA) is 17.1 Å². The lowest BCUT2D eigenvalue weighted by Crippen LogP contribution is -2.01. The SMILES string of the molecule is CCc1ccc(C(=O)Cc2ccc(Cl)cc2Cl)s1. The van der Waals surface area contributed by atoms with Gasteiger partial charge in [-0.1, -0.05) is 36.2 Å². The summed E-state index contributed by atoms with van der Waals surface area (Å²) < 4.78 is 0. The van der Waals surface area contributed by atoms with Gasteiger partial charge in [0.05, 0.1) is 4.88 Å². The van der Waals surface area contributed by atoms with E-state index in [2.05, 4.69) is 6.92 Å². The zero-order valence-electron chi connectivity index (χ0n) is 9.87. The van der Waals surface area contributed by atoms with Gasteiger partial charge in [0.25, 0.3) is 0 Å². The first-order chi connectivity index (χ1) is 8.60. The van der Waals surface area contributed by atoms with Crippen LogP contribution in [-0.2, 0) is 12.8 Å². The van der Waals surface area contributed by atoms with Crippen molar-refractivity contribution in [2.75, 3.05) is 0 Å². The highest BCUT2D eigenvalue weighted by Gasteiger charge is 2.12. The van der Waals surface area contributed by atoms with Crippen LogP contribution >= 0.6 is 34.5 Å². The standard InChI is InChI=1S/C14H12Cl2OS/c1-2-11-5-6-14(18-11)13(17)7-9-3-4-10(15)8-12(9)16/h3-6,8H,2,7H2,1H3. The van der Waals surface area contributed by atoms with Crippen molar-refractivity contribution in [2.45, 2.75) is 19.8 Å². The van der Waals surface area contributed by atoms with E-state index in [0.717, 1.165) is 16.9 Å². The van der Waals surface area contributed by atoms with Crippen molar-refractivity contribution in [3.8, 4) is 0 Å². The first-order valence-electron chi connectivity index (χ1n) is 5.66. The van der Waals surface area contributed by atoms with Crippen molar-refractivity contribution in [3.63, 3.8) is 0 Å². The predicted molar refractivity (Wildman–Crippen MR) is 78.2 cm³/mol. The summed E-state index contributed by atoms with van der Waals surface area (Å²) in [6, 6.07) is 9.10. The Morgan fingerprint density at radius 1 is 1.22 bits per heavy atom. The molecule has 18 heavy (non-hydrogen) atoms. The first-order valence-corrected chi connectivity index (χ1v) is 7.23. The molecule has 0 unspecified atom stereocenters. The van der Waals surface area contributed by atoms with Crippen LogP contribution in [0.4, 0.5) is 0 Å². The molecule has 0 spiro atoms. The van der Waals surface area contributed by atoms with Crippen LogP contribution in [0.3, 0.4) is 0 Å². The number of carbonyl (C=O) groups excluding carboxylic acids is 1. The molecule has 0 aliphatic rings. The van der Waals surface area contributed by atoms with Gasteiger partial charge < -0.3 is 0 Å². The molecule has 0 saturated carbocycles. The zero-order valence-corrected chi connectivity index (χ0v) is 12.2. The van der Waals surface area contributed by atoms with E-state index in [0.29, 0.717) is 16.5 Å². The zero-order chi connectivity index (χ0) is 13.1. The van der Waals surface area contributed by atoms with Crippen LogP contribution < -0.4 is 0 Å². The van der Waals surface area contributed by atoms with Crippen LogP contribution in [0.1, 0.15) is 27.0 Å². The summed E-state index contributed by atoms with van der Waals surface area (Å²) in [6.07, 6.45) is 1.28. The molecule has 2 aromatic rings. The quantitative estimate of drug-likeness (QED) is 0.723. The highest BCUT2D eigenvalue weighted by molar-refractivity contribution is 7.14. The number of thiophene rings is 1. The Morgan fingerprint density at radius 2 is 2.00 bits per heavy atom. The number of Topliss-reactive ketones (excluding diaryl/α,β-unsaturated/α-hetero) is 1. The minimum atomic E-state index is 0.101. The largest absolute Gasteiger partial charge is 0.293 e. The molecular formula is C14H12Cl2OS. The molecule has 1 aromatic heterocycles. The second kappa shape index (κ2) is 5.87. The van der Waals surface area contributed by atoms with Gasteiger partial charge in [-0.3, -0.25) is 4.79 Å². The fraction of sp³-hybridized carbons (Fsp3) is 0.214. The first kappa shape index (κ1) is 13.6. The minimum Gasteiger partial charge on any atom is -0.293 e. The molecule has 0 N–H and O–H groups in total. The van der Waals surface area contributed by atoms with Crippen LogP contribution in [0.2, 0.25) is 10.0 Å². The molecule has 0 amide bonds. The van der Waals surface area contributed by atoms with Gasteiger partial charge in [0.1, 0.15) is 0 Å². The van der Waals surface area contributed by atoms with Gasteiger partial charge in [0, 0.05) is 21.3 Å². The van der Waals surface area contributed by atoms with E-state index in [-0.39, 0.29) is 5.78 Å². The maximum Gasteiger partial charge on any atom is 0.177 e. The van der Waals surface area contributed by atoms with Gasteiger partial charge in [-0.15, -0.1) is 11.3 Å². The van der Waals surface area contributed by atoms with E-state index in [1.165, 1.54) is 4.88 Å². The van der Waals surface area contributed by atoms with E-state index in [1.54, 1.807) is 29.5 Å². The van der Waals surface area contributed by atoms with Gasteiger partial charge >= 0.3 is 0 Å². The Labute approximate surface area is 120 Å². The van der Waals surface area contributed by atoms with Crippen LogP contribution in [0.15, 0.2) is 30.3 Å². The fourth-order valence-electron chi connectivity index (χ4n) is 1.64. The normalized spacial score (nSPS) is 10.6. The molecule has 4 heteroatoms. The van der Waals surface area contributed by atoms with Gasteiger partial charge in [-0.05, 0) is 36.2 Å². The molecule has 0 aliphatic heterocycles. The average molecular weight is 299 g/mol. The summed E-state index contributed by atoms with van der Waals surface area (Å²) in [6.45, 7) is 2.08. The summed E-state index contributed by atoms with van der Waals surface area (Å²) >= 11 is 13.4. The van der Waals surface area contributed by atoms with Crippen molar-refractivity contribution in [2.24, 2.45) is 0 Å². The fourth-order valence-corrected chi connectivity index (χ4v) is 3.00. The van der Waals surface area contributed by atoms with Crippen molar-refractivity contribution in [1.82, 2.24) is 0 Å². The number of ketones is 1. The van der Waals surface area contributed by atoms with Gasteiger partial charge in [-0.2, -0.15) is 0 Å². The molecule has 0 atom stereocenters. The van der Waals surface area contributed by atoms with Crippen molar-refractivity contribution in [1.29, 1.82) is 0 Å². The molecule has 1 nitrogen and oxygen atoms in total. The Kier molecular flexibility index (Phi) is 4.44. The summed E-state index contributed by atoms with van der Waals surface area (Å²) in [5, 5.41) is 1.13. The van der Waals surface area contributed by atoms with E-state index >= 15 is 0 Å². The highest BCUT2D eigenvalue weighted by atomic mass is 35.5. The highest BCUT2D eigenvalue weighted by Crippen LogP contribution is 2.24. The van der Waals surface area contributed by atoms with E-state index in [4.69, 9.17) is 23.2 Å². The lowest BCUT2D eigenvalue weighted by molar-refractivity contribution is 0.0997. The molecule has 0 aliphatic carbocycles. The average Bonchev–Trinajstić information content (AvgIpc) is 2.81. The summed E-state index contributed by atoms with van der Waals surface area (Å²) in [7, 11) is 0. The van der Waals surface area contributed by atoms with E-state index in [9.17, 15) is 4.79 Å². The molecule has 0 fully saturated rings. The molecule has 0 bridgehead atoms. The third-order valence-electron chi connectivity index (χ3n) is 2.65. The number of halogens is 2. The number of carbonyl (C=O) groups is 1. The second-order valence-corrected chi connectivity index (χ2v) is 5.97. The number of benzene rings is 1. The summed E-state index contributed by atoms with van der Waals surface area (Å²) in [5.74, 6) is 0.101. The number of rotatable bonds is 4. The van der Waals surface area contributed by atoms with E-state index in [1.807, 2.05) is 12.1 Å². The summed E-state index contributed by atoms with van der Waals surface area (Å²) in [5.41, 5.74) is 0.817. The summed E-state index contributed by atoms with van der Waals surface area (Å²) in [4.78, 5) is 14.1. The third kappa shape index (κ3) is 3.14. The smallest absolute Gasteiger partial charge is 0.177 e. The molecule has 0 saturated heterocycles. The van der Waals surface area contributed by atoms with Crippen LogP contribution in [0, 0.1) is 0 Å². The molecular weight excluding hydrogens is 287 g/mol. The molecule has 1 aromatic carbocycles. The Morgan fingerprint density at radius 3 is 2.61 bits per heavy atom.